The Hall–Kier alpha value is -1.35. The Kier molecular flexibility index (Phi) is 5.70. The van der Waals surface area contributed by atoms with E-state index >= 15 is 0 Å². The smallest absolute Gasteiger partial charge is 0.246 e. The lowest BCUT2D eigenvalue weighted by Gasteiger charge is -2.14. The topological polar surface area (TPSA) is 38.3 Å². The monoisotopic (exact) mass is 235 g/mol. The lowest BCUT2D eigenvalue weighted by atomic mass is 10.1. The number of carbonyl (C=O) groups excluding carboxylic acids is 1. The molecule has 0 aliphatic heterocycles. The van der Waals surface area contributed by atoms with E-state index in [0.29, 0.717) is 6.61 Å². The number of hydrogen-bond donors (Lipinski definition) is 1. The summed E-state index contributed by atoms with van der Waals surface area (Å²) in [7, 11) is 0. The highest BCUT2D eigenvalue weighted by Crippen LogP contribution is 2.12. The summed E-state index contributed by atoms with van der Waals surface area (Å²) in [4.78, 5) is 11.5. The van der Waals surface area contributed by atoms with Crippen LogP contribution in [0.25, 0.3) is 0 Å². The predicted molar refractivity (Wildman–Crippen MR) is 68.8 cm³/mol. The summed E-state index contributed by atoms with van der Waals surface area (Å²) in [6.07, 6.45) is 0.931. The molecule has 1 aromatic rings. The normalized spacial score (nSPS) is 12.2. The molecule has 0 saturated heterocycles. The Balaban J connectivity index is 2.40. The summed E-state index contributed by atoms with van der Waals surface area (Å²) in [6.45, 7) is 6.82. The molecule has 0 radical (unpaired) electrons. The van der Waals surface area contributed by atoms with E-state index in [1.807, 2.05) is 45.0 Å². The van der Waals surface area contributed by atoms with E-state index in [2.05, 4.69) is 5.32 Å². The van der Waals surface area contributed by atoms with Gasteiger partial charge >= 0.3 is 0 Å². The fourth-order valence-corrected chi connectivity index (χ4v) is 1.53. The maximum atomic E-state index is 11.5. The Bertz CT molecular complexity index is 346. The molecule has 3 nitrogen and oxygen atoms in total. The van der Waals surface area contributed by atoms with Crippen molar-refractivity contribution in [2.75, 3.05) is 13.2 Å². The second kappa shape index (κ2) is 7.07. The molecule has 1 rings (SSSR count). The van der Waals surface area contributed by atoms with Crippen molar-refractivity contribution in [1.29, 1.82) is 0 Å². The molecular weight excluding hydrogens is 214 g/mol. The minimum atomic E-state index is -0.0634. The minimum Gasteiger partial charge on any atom is -0.372 e. The van der Waals surface area contributed by atoms with Crippen LogP contribution < -0.4 is 5.32 Å². The van der Waals surface area contributed by atoms with Crippen LogP contribution >= 0.6 is 0 Å². The van der Waals surface area contributed by atoms with Gasteiger partial charge in [-0.2, -0.15) is 0 Å². The molecule has 0 bridgehead atoms. The molecule has 17 heavy (non-hydrogen) atoms. The first-order valence-corrected chi connectivity index (χ1v) is 6.07. The Morgan fingerprint density at radius 1 is 1.35 bits per heavy atom. The van der Waals surface area contributed by atoms with Gasteiger partial charge in [0.25, 0.3) is 0 Å². The molecule has 0 spiro atoms. The molecule has 0 heterocycles. The number of aryl methyl sites for hydroxylation is 1. The molecule has 0 saturated carbocycles. The molecule has 0 aliphatic rings. The van der Waals surface area contributed by atoms with Crippen molar-refractivity contribution in [2.24, 2.45) is 0 Å². The van der Waals surface area contributed by atoms with Crippen LogP contribution in [0, 0.1) is 6.92 Å². The predicted octanol–water partition coefficient (Wildman–Crippen LogP) is 2.60. The third-order valence-electron chi connectivity index (χ3n) is 2.54. The fourth-order valence-electron chi connectivity index (χ4n) is 1.53. The van der Waals surface area contributed by atoms with Gasteiger partial charge in [-0.1, -0.05) is 36.8 Å². The van der Waals surface area contributed by atoms with Gasteiger partial charge in [0.15, 0.2) is 0 Å². The highest BCUT2D eigenvalue weighted by atomic mass is 16.5. The van der Waals surface area contributed by atoms with Gasteiger partial charge in [-0.3, -0.25) is 4.79 Å². The maximum Gasteiger partial charge on any atom is 0.246 e. The number of amides is 1. The van der Waals surface area contributed by atoms with Gasteiger partial charge in [0.2, 0.25) is 5.91 Å². The summed E-state index contributed by atoms with van der Waals surface area (Å²) in [5.74, 6) is -0.0634. The highest BCUT2D eigenvalue weighted by molar-refractivity contribution is 5.77. The van der Waals surface area contributed by atoms with Crippen LogP contribution in [0.3, 0.4) is 0 Å². The van der Waals surface area contributed by atoms with E-state index in [1.165, 1.54) is 5.56 Å². The second-order valence-corrected chi connectivity index (χ2v) is 4.25. The third-order valence-corrected chi connectivity index (χ3v) is 2.54. The summed E-state index contributed by atoms with van der Waals surface area (Å²) < 4.78 is 5.19. The van der Waals surface area contributed by atoms with E-state index in [-0.39, 0.29) is 18.6 Å². The number of hydrogen-bond acceptors (Lipinski definition) is 2. The van der Waals surface area contributed by atoms with Crippen molar-refractivity contribution >= 4 is 5.91 Å². The van der Waals surface area contributed by atoms with Crippen LogP contribution in [0.5, 0.6) is 0 Å². The Morgan fingerprint density at radius 2 is 2.00 bits per heavy atom. The zero-order valence-electron chi connectivity index (χ0n) is 10.8. The van der Waals surface area contributed by atoms with Gasteiger partial charge in [0, 0.05) is 6.61 Å². The Morgan fingerprint density at radius 3 is 2.59 bits per heavy atom. The molecule has 0 unspecified atom stereocenters. The van der Waals surface area contributed by atoms with E-state index in [1.54, 1.807) is 0 Å². The first-order chi connectivity index (χ1) is 8.13. The highest BCUT2D eigenvalue weighted by Gasteiger charge is 2.08. The van der Waals surface area contributed by atoms with E-state index in [9.17, 15) is 4.79 Å². The third kappa shape index (κ3) is 5.00. The summed E-state index contributed by atoms with van der Waals surface area (Å²) in [5.41, 5.74) is 2.33. The largest absolute Gasteiger partial charge is 0.372 e. The fraction of sp³-hybridized carbons (Fsp3) is 0.500. The quantitative estimate of drug-likeness (QED) is 0.770. The molecule has 0 aliphatic carbocycles. The van der Waals surface area contributed by atoms with Gasteiger partial charge < -0.3 is 10.1 Å². The van der Waals surface area contributed by atoms with Crippen LogP contribution in [0.2, 0.25) is 0 Å². The van der Waals surface area contributed by atoms with Crippen molar-refractivity contribution in [3.05, 3.63) is 35.4 Å². The van der Waals surface area contributed by atoms with E-state index in [4.69, 9.17) is 4.74 Å². The standard InChI is InChI=1S/C14H21NO2/c1-4-9-17-10-14(16)15-12(3)13-7-5-11(2)6-8-13/h5-8,12H,4,9-10H2,1-3H3,(H,15,16)/t12-/m1/s1. The minimum absolute atomic E-state index is 0.0216. The van der Waals surface area contributed by atoms with E-state index < -0.39 is 0 Å². The van der Waals surface area contributed by atoms with Crippen LogP contribution in [0.15, 0.2) is 24.3 Å². The molecule has 0 aromatic heterocycles. The number of nitrogens with one attached hydrogen (secondary N) is 1. The molecule has 1 atom stereocenters. The van der Waals surface area contributed by atoms with Gasteiger partial charge in [-0.15, -0.1) is 0 Å². The van der Waals surface area contributed by atoms with E-state index in [0.717, 1.165) is 12.0 Å². The lowest BCUT2D eigenvalue weighted by Crippen LogP contribution is -2.30. The zero-order chi connectivity index (χ0) is 12.7. The summed E-state index contributed by atoms with van der Waals surface area (Å²) in [6, 6.07) is 8.19. The average Bonchev–Trinajstić information content (AvgIpc) is 2.30. The van der Waals surface area contributed by atoms with Crippen molar-refractivity contribution in [3.8, 4) is 0 Å². The second-order valence-electron chi connectivity index (χ2n) is 4.25. The molecule has 3 heteroatoms. The van der Waals surface area contributed by atoms with Crippen molar-refractivity contribution in [3.63, 3.8) is 0 Å². The molecule has 94 valence electrons. The number of rotatable bonds is 6. The van der Waals surface area contributed by atoms with Crippen LogP contribution in [-0.4, -0.2) is 19.1 Å². The molecular formula is C14H21NO2. The summed E-state index contributed by atoms with van der Waals surface area (Å²) >= 11 is 0. The van der Waals surface area contributed by atoms with Gasteiger partial charge in [0.05, 0.1) is 6.04 Å². The Labute approximate surface area is 103 Å². The van der Waals surface area contributed by atoms with Gasteiger partial charge in [-0.05, 0) is 25.8 Å². The number of carbonyl (C=O) groups is 1. The zero-order valence-corrected chi connectivity index (χ0v) is 10.8. The van der Waals surface area contributed by atoms with Crippen molar-refractivity contribution in [1.82, 2.24) is 5.32 Å². The maximum absolute atomic E-state index is 11.5. The number of benzene rings is 1. The summed E-state index contributed by atoms with van der Waals surface area (Å²) in [5, 5.41) is 2.91. The van der Waals surface area contributed by atoms with Crippen molar-refractivity contribution in [2.45, 2.75) is 33.2 Å². The van der Waals surface area contributed by atoms with Crippen LogP contribution in [0.4, 0.5) is 0 Å². The van der Waals surface area contributed by atoms with Gasteiger partial charge in [0.1, 0.15) is 6.61 Å². The SMILES string of the molecule is CCCOCC(=O)N[C@H](C)c1ccc(C)cc1. The molecule has 0 fully saturated rings. The van der Waals surface area contributed by atoms with Crippen LogP contribution in [0.1, 0.15) is 37.4 Å². The molecule has 1 amide bonds. The average molecular weight is 235 g/mol. The van der Waals surface area contributed by atoms with Crippen LogP contribution in [-0.2, 0) is 9.53 Å². The number of ether oxygens (including phenoxy) is 1. The first-order valence-electron chi connectivity index (χ1n) is 6.07. The van der Waals surface area contributed by atoms with Crippen molar-refractivity contribution < 1.29 is 9.53 Å². The lowest BCUT2D eigenvalue weighted by molar-refractivity contribution is -0.126. The molecule has 1 aromatic carbocycles. The van der Waals surface area contributed by atoms with Gasteiger partial charge in [-0.25, -0.2) is 0 Å². The molecule has 1 N–H and O–H groups in total. The first kappa shape index (κ1) is 13.7.